The summed E-state index contributed by atoms with van der Waals surface area (Å²) in [5.74, 6) is 0. The molecular weight excluding hydrogens is 270 g/mol. The third-order valence-corrected chi connectivity index (χ3v) is 3.49. The van der Waals surface area contributed by atoms with Crippen molar-refractivity contribution in [2.75, 3.05) is 5.73 Å². The summed E-state index contributed by atoms with van der Waals surface area (Å²) < 4.78 is 31.2. The normalized spacial score (nSPS) is 11.6. The molecule has 0 aliphatic rings. The van der Waals surface area contributed by atoms with E-state index >= 15 is 0 Å². The highest BCUT2D eigenvalue weighted by atomic mass is 79.9. The zero-order chi connectivity index (χ0) is 10.9. The number of nitrogen functional groups attached to an aromatic ring is 1. The molecule has 3 N–H and O–H groups in total. The first kappa shape index (κ1) is 11.5. The molecule has 1 aromatic carbocycles. The predicted octanol–water partition coefficient (Wildman–Crippen LogP) is 1.84. The van der Waals surface area contributed by atoms with E-state index in [0.717, 1.165) is 12.0 Å². The molecule has 1 rings (SSSR count). The molecular formula is C8H10BrNO3S. The molecule has 4 nitrogen and oxygen atoms in total. The highest BCUT2D eigenvalue weighted by Crippen LogP contribution is 2.27. The van der Waals surface area contributed by atoms with Crippen LogP contribution < -0.4 is 5.73 Å². The number of hydrogen-bond acceptors (Lipinski definition) is 3. The van der Waals surface area contributed by atoms with Crippen molar-refractivity contribution in [2.45, 2.75) is 18.2 Å². The van der Waals surface area contributed by atoms with Crippen LogP contribution in [-0.4, -0.2) is 13.0 Å². The Labute approximate surface area is 91.0 Å². The third kappa shape index (κ3) is 2.26. The van der Waals surface area contributed by atoms with Gasteiger partial charge in [-0.1, -0.05) is 22.9 Å². The van der Waals surface area contributed by atoms with Gasteiger partial charge in [0, 0.05) is 4.47 Å². The quantitative estimate of drug-likeness (QED) is 0.640. The van der Waals surface area contributed by atoms with Crippen LogP contribution in [0.3, 0.4) is 0 Å². The monoisotopic (exact) mass is 279 g/mol. The molecule has 6 heteroatoms. The van der Waals surface area contributed by atoms with Crippen molar-refractivity contribution >= 4 is 31.7 Å². The molecule has 0 aliphatic carbocycles. The van der Waals surface area contributed by atoms with E-state index in [4.69, 9.17) is 10.3 Å². The predicted molar refractivity (Wildman–Crippen MR) is 57.7 cm³/mol. The summed E-state index contributed by atoms with van der Waals surface area (Å²) in [6.45, 7) is 1.92. The van der Waals surface area contributed by atoms with Crippen molar-refractivity contribution in [2.24, 2.45) is 0 Å². The van der Waals surface area contributed by atoms with Crippen molar-refractivity contribution in [1.29, 1.82) is 0 Å². The van der Waals surface area contributed by atoms with E-state index in [1.54, 1.807) is 0 Å². The van der Waals surface area contributed by atoms with Crippen LogP contribution in [0.15, 0.2) is 21.5 Å². The summed E-state index contributed by atoms with van der Waals surface area (Å²) in [5, 5.41) is 0. The number of rotatable bonds is 2. The summed E-state index contributed by atoms with van der Waals surface area (Å²) in [7, 11) is -4.24. The molecule has 0 atom stereocenters. The fraction of sp³-hybridized carbons (Fsp3) is 0.250. The van der Waals surface area contributed by atoms with Gasteiger partial charge >= 0.3 is 0 Å². The smallest absolute Gasteiger partial charge is 0.296 e. The maximum atomic E-state index is 10.9. The molecule has 14 heavy (non-hydrogen) atoms. The zero-order valence-electron chi connectivity index (χ0n) is 7.49. The summed E-state index contributed by atoms with van der Waals surface area (Å²) >= 11 is 3.20. The van der Waals surface area contributed by atoms with Gasteiger partial charge in [0.25, 0.3) is 10.1 Å². The van der Waals surface area contributed by atoms with Crippen LogP contribution in [0.2, 0.25) is 0 Å². The lowest BCUT2D eigenvalue weighted by molar-refractivity contribution is 0.483. The second-order valence-corrected chi connectivity index (χ2v) is 5.05. The van der Waals surface area contributed by atoms with Gasteiger partial charge in [0.15, 0.2) is 0 Å². The minimum Gasteiger partial charge on any atom is -0.398 e. The second-order valence-electron chi connectivity index (χ2n) is 2.81. The molecule has 0 saturated heterocycles. The number of halogens is 1. The number of anilines is 1. The van der Waals surface area contributed by atoms with Crippen LogP contribution in [0.25, 0.3) is 0 Å². The summed E-state index contributed by atoms with van der Waals surface area (Å²) in [6.07, 6.45) is 0.733. The molecule has 0 heterocycles. The molecule has 0 bridgehead atoms. The largest absolute Gasteiger partial charge is 0.398 e. The first-order chi connectivity index (χ1) is 6.36. The molecule has 0 amide bonds. The van der Waals surface area contributed by atoms with Crippen LogP contribution in [0.5, 0.6) is 0 Å². The number of hydrogen-bond donors (Lipinski definition) is 2. The Balaban J connectivity index is 3.44. The number of nitrogens with two attached hydrogens (primary N) is 1. The SMILES string of the molecule is CCc1cc(N)c(S(=O)(=O)O)cc1Br. The molecule has 0 unspecified atom stereocenters. The highest BCUT2D eigenvalue weighted by molar-refractivity contribution is 9.10. The van der Waals surface area contributed by atoms with Crippen LogP contribution >= 0.6 is 15.9 Å². The van der Waals surface area contributed by atoms with E-state index in [-0.39, 0.29) is 10.6 Å². The van der Waals surface area contributed by atoms with Crippen LogP contribution in [0, 0.1) is 0 Å². The van der Waals surface area contributed by atoms with E-state index in [1.807, 2.05) is 6.92 Å². The molecule has 0 radical (unpaired) electrons. The first-order valence-corrected chi connectivity index (χ1v) is 6.15. The van der Waals surface area contributed by atoms with Gasteiger partial charge in [-0.05, 0) is 24.1 Å². The fourth-order valence-electron chi connectivity index (χ4n) is 1.11. The maximum Gasteiger partial charge on any atom is 0.296 e. The lowest BCUT2D eigenvalue weighted by atomic mass is 10.1. The Morgan fingerprint density at radius 2 is 2.07 bits per heavy atom. The molecule has 0 aliphatic heterocycles. The van der Waals surface area contributed by atoms with Gasteiger partial charge in [0.2, 0.25) is 0 Å². The zero-order valence-corrected chi connectivity index (χ0v) is 9.89. The van der Waals surface area contributed by atoms with E-state index in [2.05, 4.69) is 15.9 Å². The molecule has 0 aromatic heterocycles. The maximum absolute atomic E-state index is 10.9. The molecule has 0 saturated carbocycles. The van der Waals surface area contributed by atoms with Crippen LogP contribution in [0.1, 0.15) is 12.5 Å². The summed E-state index contributed by atoms with van der Waals surface area (Å²) in [4.78, 5) is -0.262. The fourth-order valence-corrected chi connectivity index (χ4v) is 2.51. The van der Waals surface area contributed by atoms with Gasteiger partial charge in [0.05, 0.1) is 5.69 Å². The standard InChI is InChI=1S/C8H10BrNO3S/c1-2-5-3-7(10)8(4-6(5)9)14(11,12)13/h3-4H,2,10H2,1H3,(H,11,12,13). The molecule has 78 valence electrons. The van der Waals surface area contributed by atoms with Gasteiger partial charge in [-0.15, -0.1) is 0 Å². The Morgan fingerprint density at radius 1 is 1.50 bits per heavy atom. The van der Waals surface area contributed by atoms with Gasteiger partial charge in [-0.3, -0.25) is 4.55 Å². The average Bonchev–Trinajstić information content (AvgIpc) is 2.06. The summed E-state index contributed by atoms with van der Waals surface area (Å²) in [5.41, 5.74) is 6.45. The van der Waals surface area contributed by atoms with Crippen molar-refractivity contribution in [3.63, 3.8) is 0 Å². The average molecular weight is 280 g/mol. The van der Waals surface area contributed by atoms with E-state index in [1.165, 1.54) is 12.1 Å². The minimum absolute atomic E-state index is 0.0625. The highest BCUT2D eigenvalue weighted by Gasteiger charge is 2.15. The van der Waals surface area contributed by atoms with Gasteiger partial charge in [-0.25, -0.2) is 0 Å². The van der Waals surface area contributed by atoms with Crippen molar-refractivity contribution in [1.82, 2.24) is 0 Å². The third-order valence-electron chi connectivity index (χ3n) is 1.84. The molecule has 0 fully saturated rings. The summed E-state index contributed by atoms with van der Waals surface area (Å²) in [6, 6.07) is 2.84. The Hall–Kier alpha value is -0.590. The topological polar surface area (TPSA) is 80.4 Å². The van der Waals surface area contributed by atoms with E-state index in [9.17, 15) is 8.42 Å². The number of aryl methyl sites for hydroxylation is 1. The lowest BCUT2D eigenvalue weighted by Crippen LogP contribution is -2.04. The first-order valence-electron chi connectivity index (χ1n) is 3.91. The Bertz CT molecular complexity index is 456. The van der Waals surface area contributed by atoms with E-state index < -0.39 is 10.1 Å². The Kier molecular flexibility index (Phi) is 3.18. The van der Waals surface area contributed by atoms with Gasteiger partial charge in [0.1, 0.15) is 4.90 Å². The molecule has 1 aromatic rings. The second kappa shape index (κ2) is 3.88. The van der Waals surface area contributed by atoms with Crippen molar-refractivity contribution in [3.05, 3.63) is 22.2 Å². The van der Waals surface area contributed by atoms with Crippen LogP contribution in [-0.2, 0) is 16.5 Å². The van der Waals surface area contributed by atoms with E-state index in [0.29, 0.717) is 4.47 Å². The Morgan fingerprint density at radius 3 is 2.50 bits per heavy atom. The molecule has 0 spiro atoms. The van der Waals surface area contributed by atoms with Crippen molar-refractivity contribution < 1.29 is 13.0 Å². The van der Waals surface area contributed by atoms with Crippen LogP contribution in [0.4, 0.5) is 5.69 Å². The van der Waals surface area contributed by atoms with Crippen molar-refractivity contribution in [3.8, 4) is 0 Å². The number of benzene rings is 1. The minimum atomic E-state index is -4.24. The lowest BCUT2D eigenvalue weighted by Gasteiger charge is -2.07. The van der Waals surface area contributed by atoms with Gasteiger partial charge < -0.3 is 5.73 Å². The van der Waals surface area contributed by atoms with Gasteiger partial charge in [-0.2, -0.15) is 8.42 Å².